The fraction of sp³-hybridized carbons (Fsp3) is 0.560. The SMILES string of the molecule is CCNC(=NCCCN1C(=O)C2C3C=CC(C3)C2C1=O)NCCC(C)c1ccccc1. The average molecular weight is 423 g/mol. The summed E-state index contributed by atoms with van der Waals surface area (Å²) < 4.78 is 0. The van der Waals surface area contributed by atoms with E-state index in [1.165, 1.54) is 10.5 Å². The number of nitrogens with zero attached hydrogens (tertiary/aromatic N) is 2. The van der Waals surface area contributed by atoms with E-state index in [-0.39, 0.29) is 35.5 Å². The molecule has 2 bridgehead atoms. The lowest BCUT2D eigenvalue weighted by atomic mass is 9.85. The van der Waals surface area contributed by atoms with Crippen molar-refractivity contribution in [1.82, 2.24) is 15.5 Å². The van der Waals surface area contributed by atoms with Crippen LogP contribution in [0.25, 0.3) is 0 Å². The van der Waals surface area contributed by atoms with Crippen LogP contribution in [0.15, 0.2) is 47.5 Å². The molecule has 1 saturated carbocycles. The summed E-state index contributed by atoms with van der Waals surface area (Å²) in [6, 6.07) is 10.5. The quantitative estimate of drug-likeness (QED) is 0.211. The van der Waals surface area contributed by atoms with E-state index in [2.05, 4.69) is 59.0 Å². The van der Waals surface area contributed by atoms with Crippen LogP contribution in [0.3, 0.4) is 0 Å². The largest absolute Gasteiger partial charge is 0.357 e. The predicted octanol–water partition coefficient (Wildman–Crippen LogP) is 2.93. The fourth-order valence-electron chi connectivity index (χ4n) is 5.30. The van der Waals surface area contributed by atoms with E-state index in [4.69, 9.17) is 0 Å². The number of amides is 2. The third-order valence-corrected chi connectivity index (χ3v) is 6.95. The Hall–Kier alpha value is -2.63. The number of hydrogen-bond donors (Lipinski definition) is 2. The first-order valence-electron chi connectivity index (χ1n) is 11.7. The summed E-state index contributed by atoms with van der Waals surface area (Å²) in [4.78, 5) is 31.6. The monoisotopic (exact) mass is 422 g/mol. The fourth-order valence-corrected chi connectivity index (χ4v) is 5.30. The highest BCUT2D eigenvalue weighted by molar-refractivity contribution is 6.06. The van der Waals surface area contributed by atoms with Gasteiger partial charge in [0.1, 0.15) is 0 Å². The molecule has 3 aliphatic rings. The van der Waals surface area contributed by atoms with Crippen molar-refractivity contribution >= 4 is 17.8 Å². The summed E-state index contributed by atoms with van der Waals surface area (Å²) in [5.74, 6) is 1.70. The molecule has 4 rings (SSSR count). The second kappa shape index (κ2) is 9.67. The average Bonchev–Trinajstić information content (AvgIpc) is 3.46. The number of likely N-dealkylation sites (tertiary alicyclic amines) is 1. The van der Waals surface area contributed by atoms with E-state index >= 15 is 0 Å². The Morgan fingerprint density at radius 2 is 1.77 bits per heavy atom. The lowest BCUT2D eigenvalue weighted by Crippen LogP contribution is -2.38. The number of benzene rings is 1. The number of allylic oxidation sites excluding steroid dienone is 2. The maximum atomic E-state index is 12.8. The van der Waals surface area contributed by atoms with E-state index in [1.807, 2.05) is 13.0 Å². The number of guanidine groups is 1. The number of carbonyl (C=O) groups excluding carboxylic acids is 2. The van der Waals surface area contributed by atoms with Gasteiger partial charge in [-0.3, -0.25) is 19.5 Å². The van der Waals surface area contributed by atoms with E-state index in [0.29, 0.717) is 25.4 Å². The van der Waals surface area contributed by atoms with Gasteiger partial charge in [-0.15, -0.1) is 0 Å². The van der Waals surface area contributed by atoms with Gasteiger partial charge in [0.2, 0.25) is 11.8 Å². The van der Waals surface area contributed by atoms with Crippen LogP contribution in [0.1, 0.15) is 44.6 Å². The number of hydrogen-bond acceptors (Lipinski definition) is 3. The molecule has 1 heterocycles. The third-order valence-electron chi connectivity index (χ3n) is 6.95. The Labute approximate surface area is 185 Å². The van der Waals surface area contributed by atoms with Gasteiger partial charge < -0.3 is 10.6 Å². The first-order chi connectivity index (χ1) is 15.1. The first-order valence-corrected chi connectivity index (χ1v) is 11.7. The molecule has 1 aliphatic heterocycles. The number of rotatable bonds is 9. The first kappa shape index (κ1) is 21.6. The van der Waals surface area contributed by atoms with Crippen molar-refractivity contribution in [2.75, 3.05) is 26.2 Å². The van der Waals surface area contributed by atoms with E-state index in [0.717, 1.165) is 31.9 Å². The van der Waals surface area contributed by atoms with Gasteiger partial charge in [0.25, 0.3) is 0 Å². The standard InChI is InChI=1S/C25H34N4O2/c1-3-26-25(28-14-12-17(2)18-8-5-4-6-9-18)27-13-7-15-29-23(30)21-19-10-11-20(16-19)22(21)24(29)31/h4-6,8-11,17,19-22H,3,7,12-16H2,1-2H3,(H2,26,27,28). The van der Waals surface area contributed by atoms with Crippen LogP contribution in [0.2, 0.25) is 0 Å². The van der Waals surface area contributed by atoms with Gasteiger partial charge in [-0.05, 0) is 49.5 Å². The van der Waals surface area contributed by atoms with Gasteiger partial charge in [0, 0.05) is 26.2 Å². The minimum atomic E-state index is -0.100. The molecule has 1 aromatic rings. The second-order valence-electron chi connectivity index (χ2n) is 8.97. The summed E-state index contributed by atoms with van der Waals surface area (Å²) >= 11 is 0. The number of aliphatic imine (C=N–C) groups is 1. The smallest absolute Gasteiger partial charge is 0.233 e. The molecule has 5 unspecified atom stereocenters. The lowest BCUT2D eigenvalue weighted by Gasteiger charge is -2.17. The van der Waals surface area contributed by atoms with Crippen molar-refractivity contribution in [3.05, 3.63) is 48.0 Å². The van der Waals surface area contributed by atoms with E-state index in [1.54, 1.807) is 0 Å². The highest BCUT2D eigenvalue weighted by Crippen LogP contribution is 2.52. The zero-order valence-electron chi connectivity index (χ0n) is 18.6. The van der Waals surface area contributed by atoms with Crippen LogP contribution in [0.4, 0.5) is 0 Å². The molecular weight excluding hydrogens is 388 g/mol. The van der Waals surface area contributed by atoms with Gasteiger partial charge in [-0.25, -0.2) is 0 Å². The Kier molecular flexibility index (Phi) is 6.73. The Bertz CT molecular complexity index is 820. The summed E-state index contributed by atoms with van der Waals surface area (Å²) in [5, 5.41) is 6.68. The van der Waals surface area contributed by atoms with E-state index < -0.39 is 0 Å². The number of carbonyl (C=O) groups is 2. The molecule has 0 spiro atoms. The topological polar surface area (TPSA) is 73.8 Å². The minimum Gasteiger partial charge on any atom is -0.357 e. The lowest BCUT2D eigenvalue weighted by molar-refractivity contribution is -0.140. The molecule has 2 aliphatic carbocycles. The van der Waals surface area contributed by atoms with Crippen molar-refractivity contribution in [2.45, 2.75) is 39.0 Å². The molecule has 5 atom stereocenters. The highest BCUT2D eigenvalue weighted by atomic mass is 16.2. The summed E-state index contributed by atoms with van der Waals surface area (Å²) in [6.45, 7) is 6.97. The molecule has 6 heteroatoms. The van der Waals surface area contributed by atoms with Gasteiger partial charge in [-0.2, -0.15) is 0 Å². The molecule has 2 N–H and O–H groups in total. The number of fused-ring (bicyclic) bond motifs is 5. The van der Waals surface area contributed by atoms with Crippen LogP contribution in [0.5, 0.6) is 0 Å². The van der Waals surface area contributed by atoms with Gasteiger partial charge in [0.05, 0.1) is 11.8 Å². The van der Waals surface area contributed by atoms with Crippen molar-refractivity contribution in [2.24, 2.45) is 28.7 Å². The normalized spacial score (nSPS) is 27.7. The summed E-state index contributed by atoms with van der Waals surface area (Å²) in [6.07, 6.45) is 6.96. The molecular formula is C25H34N4O2. The van der Waals surface area contributed by atoms with Crippen LogP contribution >= 0.6 is 0 Å². The third kappa shape index (κ3) is 4.53. The predicted molar refractivity (Wildman–Crippen MR) is 123 cm³/mol. The van der Waals surface area contributed by atoms with Crippen LogP contribution < -0.4 is 10.6 Å². The van der Waals surface area contributed by atoms with Crippen LogP contribution in [0, 0.1) is 23.7 Å². The Balaban J connectivity index is 1.22. The Morgan fingerprint density at radius 1 is 1.10 bits per heavy atom. The summed E-state index contributed by atoms with van der Waals surface area (Å²) in [5.41, 5.74) is 1.35. The molecule has 166 valence electrons. The maximum Gasteiger partial charge on any atom is 0.233 e. The van der Waals surface area contributed by atoms with Gasteiger partial charge >= 0.3 is 0 Å². The molecule has 1 aromatic carbocycles. The number of nitrogens with one attached hydrogen (secondary N) is 2. The zero-order valence-corrected chi connectivity index (χ0v) is 18.6. The second-order valence-corrected chi connectivity index (χ2v) is 8.97. The molecule has 0 aromatic heterocycles. The molecule has 1 saturated heterocycles. The zero-order chi connectivity index (χ0) is 21.8. The highest BCUT2D eigenvalue weighted by Gasteiger charge is 2.58. The van der Waals surface area contributed by atoms with Crippen LogP contribution in [-0.4, -0.2) is 48.9 Å². The van der Waals surface area contributed by atoms with E-state index in [9.17, 15) is 9.59 Å². The minimum absolute atomic E-state index is 0.0377. The molecule has 0 radical (unpaired) electrons. The van der Waals surface area contributed by atoms with Gasteiger partial charge in [0.15, 0.2) is 5.96 Å². The van der Waals surface area contributed by atoms with Crippen molar-refractivity contribution in [3.63, 3.8) is 0 Å². The summed E-state index contributed by atoms with van der Waals surface area (Å²) in [7, 11) is 0. The molecule has 6 nitrogen and oxygen atoms in total. The molecule has 2 fully saturated rings. The Morgan fingerprint density at radius 3 is 2.42 bits per heavy atom. The van der Waals surface area contributed by atoms with Crippen LogP contribution in [-0.2, 0) is 9.59 Å². The maximum absolute atomic E-state index is 12.8. The van der Waals surface area contributed by atoms with Crippen molar-refractivity contribution in [1.29, 1.82) is 0 Å². The number of imide groups is 1. The van der Waals surface area contributed by atoms with Gasteiger partial charge in [-0.1, -0.05) is 49.4 Å². The molecule has 31 heavy (non-hydrogen) atoms. The van der Waals surface area contributed by atoms with Crippen molar-refractivity contribution < 1.29 is 9.59 Å². The molecule has 2 amide bonds. The van der Waals surface area contributed by atoms with Crippen molar-refractivity contribution in [3.8, 4) is 0 Å².